The Bertz CT molecular complexity index is 3530. The molecule has 3 aromatic heterocycles. The second-order valence-corrected chi connectivity index (χ2v) is 17.2. The highest BCUT2D eigenvalue weighted by Crippen LogP contribution is 2.50. The lowest BCUT2D eigenvalue weighted by molar-refractivity contribution is 0.660. The van der Waals surface area contributed by atoms with Crippen LogP contribution >= 0.6 is 11.3 Å². The number of thiophene rings is 1. The zero-order chi connectivity index (χ0) is 36.9. The van der Waals surface area contributed by atoms with E-state index in [2.05, 4.69) is 175 Å². The third-order valence-electron chi connectivity index (χ3n) is 12.8. The summed E-state index contributed by atoms with van der Waals surface area (Å²) in [6.07, 6.45) is 0. The monoisotopic (exact) mass is 732 g/mol. The lowest BCUT2D eigenvalue weighted by atomic mass is 9.58. The molecule has 0 saturated carbocycles. The first-order valence-corrected chi connectivity index (χ1v) is 20.3. The molecule has 0 fully saturated rings. The van der Waals surface area contributed by atoms with Crippen molar-refractivity contribution < 1.29 is 4.42 Å². The summed E-state index contributed by atoms with van der Waals surface area (Å²) < 4.78 is 10.7. The number of fused-ring (bicyclic) bond motifs is 14. The molecule has 13 rings (SSSR count). The van der Waals surface area contributed by atoms with E-state index in [9.17, 15) is 0 Å². The van der Waals surface area contributed by atoms with Crippen molar-refractivity contribution in [1.82, 2.24) is 4.57 Å². The summed E-state index contributed by atoms with van der Waals surface area (Å²) in [6, 6.07) is 55.9. The summed E-state index contributed by atoms with van der Waals surface area (Å²) in [7, 11) is 0.824. The molecule has 0 spiro atoms. The molecule has 1 N–H and O–H groups in total. The average Bonchev–Trinajstić information content (AvgIpc) is 3.94. The Morgan fingerprint density at radius 1 is 0.607 bits per heavy atom. The fraction of sp³-hybridized carbons (Fsp3) is 0.0588. The molecule has 1 aliphatic carbocycles. The second-order valence-electron chi connectivity index (χ2n) is 16.1. The van der Waals surface area contributed by atoms with Crippen molar-refractivity contribution in [2.45, 2.75) is 19.3 Å². The Morgan fingerprint density at radius 2 is 1.36 bits per heavy atom. The smallest absolute Gasteiger partial charge is 0.198 e. The number of para-hydroxylation sites is 2. The van der Waals surface area contributed by atoms with E-state index in [1.807, 2.05) is 11.3 Å². The van der Waals surface area contributed by atoms with E-state index in [1.54, 1.807) is 0 Å². The minimum atomic E-state index is -0.0936. The Hall–Kier alpha value is -6.56. The van der Waals surface area contributed by atoms with Gasteiger partial charge in [-0.2, -0.15) is 0 Å². The highest BCUT2D eigenvalue weighted by atomic mass is 32.1. The van der Waals surface area contributed by atoms with Crippen LogP contribution in [0.25, 0.3) is 91.9 Å². The predicted molar refractivity (Wildman–Crippen MR) is 240 cm³/mol. The van der Waals surface area contributed by atoms with Crippen molar-refractivity contribution in [1.29, 1.82) is 0 Å². The molecule has 8 aromatic carbocycles. The van der Waals surface area contributed by atoms with Gasteiger partial charge in [-0.3, -0.25) is 0 Å². The molecule has 0 saturated heterocycles. The molecule has 0 atom stereocenters. The van der Waals surface area contributed by atoms with Gasteiger partial charge in [0.1, 0.15) is 16.0 Å². The average molecular weight is 733 g/mol. The minimum Gasteiger partial charge on any atom is -0.456 e. The van der Waals surface area contributed by atoms with Gasteiger partial charge >= 0.3 is 0 Å². The number of nitrogens with one attached hydrogen (secondary N) is 1. The second kappa shape index (κ2) is 10.8. The van der Waals surface area contributed by atoms with Crippen LogP contribution < -0.4 is 16.2 Å². The maximum absolute atomic E-state index is 6.83. The first kappa shape index (κ1) is 30.7. The van der Waals surface area contributed by atoms with Gasteiger partial charge in [-0.25, -0.2) is 0 Å². The lowest BCUT2D eigenvalue weighted by Crippen LogP contribution is -2.37. The zero-order valence-corrected chi connectivity index (χ0v) is 31.7. The number of hydrogen-bond donors (Lipinski definition) is 1. The molecule has 0 bridgehead atoms. The molecule has 4 heterocycles. The Kier molecular flexibility index (Phi) is 5.93. The van der Waals surface area contributed by atoms with Crippen LogP contribution in [-0.2, 0) is 5.41 Å². The van der Waals surface area contributed by atoms with Crippen molar-refractivity contribution in [3.8, 4) is 27.9 Å². The number of anilines is 2. The molecule has 262 valence electrons. The van der Waals surface area contributed by atoms with Crippen LogP contribution in [0, 0.1) is 0 Å². The van der Waals surface area contributed by atoms with Gasteiger partial charge < -0.3 is 14.3 Å². The van der Waals surface area contributed by atoms with Gasteiger partial charge in [0.15, 0.2) is 7.28 Å². The van der Waals surface area contributed by atoms with E-state index >= 15 is 0 Å². The Morgan fingerprint density at radius 3 is 2.27 bits per heavy atom. The molecule has 2 aliphatic rings. The van der Waals surface area contributed by atoms with Crippen molar-refractivity contribution in [2.24, 2.45) is 0 Å². The molecule has 3 nitrogen and oxygen atoms in total. The first-order valence-electron chi connectivity index (χ1n) is 19.5. The number of rotatable bonds is 3. The summed E-state index contributed by atoms with van der Waals surface area (Å²) in [4.78, 5) is 1.29. The highest BCUT2D eigenvalue weighted by molar-refractivity contribution is 7.25. The summed E-state index contributed by atoms with van der Waals surface area (Å²) in [6.45, 7) is 4.70. The van der Waals surface area contributed by atoms with Gasteiger partial charge in [0.2, 0.25) is 0 Å². The number of benzene rings is 8. The first-order chi connectivity index (χ1) is 27.5. The van der Waals surface area contributed by atoms with Crippen LogP contribution in [0.15, 0.2) is 156 Å². The lowest BCUT2D eigenvalue weighted by Gasteiger charge is -2.25. The van der Waals surface area contributed by atoms with E-state index in [0.29, 0.717) is 0 Å². The molecule has 1 aliphatic heterocycles. The van der Waals surface area contributed by atoms with Crippen molar-refractivity contribution in [3.05, 3.63) is 163 Å². The fourth-order valence-electron chi connectivity index (χ4n) is 10.2. The van der Waals surface area contributed by atoms with Crippen LogP contribution in [0.4, 0.5) is 11.4 Å². The van der Waals surface area contributed by atoms with Crippen LogP contribution in [0.3, 0.4) is 0 Å². The summed E-state index contributed by atoms with van der Waals surface area (Å²) in [5, 5.41) is 12.7. The standard InChI is InChI=1S/C51H33BN2OS/c1-51(2)37-18-8-5-14-31(37)32-23-22-30(26-38(32)51)53-40-25-29-13-4-3-12-28(29)24-36(40)47-46-33-15-6-9-20-42(33)55-43(46)27-41-48(47)52-39-19-11-17-35-45-34-16-7-10-21-44(34)56-50(45)54(41)49(35)39/h3-27,52-53H,1-2H3. The summed E-state index contributed by atoms with van der Waals surface area (Å²) in [5.74, 6) is 0. The van der Waals surface area contributed by atoms with Crippen molar-refractivity contribution >= 4 is 105 Å². The van der Waals surface area contributed by atoms with Gasteiger partial charge in [-0.1, -0.05) is 129 Å². The largest absolute Gasteiger partial charge is 0.456 e. The number of nitrogens with zero attached hydrogens (tertiary/aromatic N) is 1. The molecular weight excluding hydrogens is 699 g/mol. The third-order valence-corrected chi connectivity index (χ3v) is 13.9. The Balaban J connectivity index is 1.12. The van der Waals surface area contributed by atoms with Gasteiger partial charge in [0.25, 0.3) is 0 Å². The molecule has 5 heteroatoms. The predicted octanol–water partition coefficient (Wildman–Crippen LogP) is 12.5. The van der Waals surface area contributed by atoms with Crippen LogP contribution in [0.5, 0.6) is 0 Å². The minimum absolute atomic E-state index is 0.0936. The number of furan rings is 1. The number of aromatic nitrogens is 1. The van der Waals surface area contributed by atoms with Crippen molar-refractivity contribution in [3.63, 3.8) is 0 Å². The Labute approximate surface area is 327 Å². The zero-order valence-electron chi connectivity index (χ0n) is 30.9. The number of hydrogen-bond acceptors (Lipinski definition) is 3. The van der Waals surface area contributed by atoms with E-state index < -0.39 is 0 Å². The highest BCUT2D eigenvalue weighted by Gasteiger charge is 2.36. The van der Waals surface area contributed by atoms with E-state index in [-0.39, 0.29) is 5.41 Å². The van der Waals surface area contributed by atoms with Gasteiger partial charge in [-0.15, -0.1) is 11.3 Å². The van der Waals surface area contributed by atoms with Crippen molar-refractivity contribution in [2.75, 3.05) is 5.32 Å². The maximum atomic E-state index is 6.83. The van der Waals surface area contributed by atoms with E-state index in [0.717, 1.165) is 35.2 Å². The quantitative estimate of drug-likeness (QED) is 0.183. The normalized spacial score (nSPS) is 13.8. The fourth-order valence-corrected chi connectivity index (χ4v) is 11.5. The van der Waals surface area contributed by atoms with E-state index in [4.69, 9.17) is 4.42 Å². The SMILES string of the molecule is CC1(C)c2ccccc2-c2ccc(Nc3cc4ccccc4cc3-c3c4c(cc5oc6ccccc6c35)-n3c5sc6ccccc6c5c5cccc(c53)B4)cc21. The van der Waals surface area contributed by atoms with Gasteiger partial charge in [-0.05, 0) is 80.5 Å². The summed E-state index contributed by atoms with van der Waals surface area (Å²) >= 11 is 1.89. The van der Waals surface area contributed by atoms with Crippen LogP contribution in [0.2, 0.25) is 0 Å². The molecular formula is C51H33BN2OS. The van der Waals surface area contributed by atoms with Gasteiger partial charge in [0, 0.05) is 71.3 Å². The topological polar surface area (TPSA) is 30.1 Å². The molecule has 0 radical (unpaired) electrons. The molecule has 0 unspecified atom stereocenters. The van der Waals surface area contributed by atoms with E-state index in [1.165, 1.54) is 97.4 Å². The molecule has 0 amide bonds. The van der Waals surface area contributed by atoms with Crippen LogP contribution in [-0.4, -0.2) is 11.8 Å². The molecule has 56 heavy (non-hydrogen) atoms. The third kappa shape index (κ3) is 3.98. The maximum Gasteiger partial charge on any atom is 0.198 e. The van der Waals surface area contributed by atoms with Gasteiger partial charge in [0.05, 0.1) is 0 Å². The van der Waals surface area contributed by atoms with Crippen LogP contribution in [0.1, 0.15) is 25.0 Å². The summed E-state index contributed by atoms with van der Waals surface area (Å²) in [5.41, 5.74) is 16.9. The molecule has 11 aromatic rings.